The lowest BCUT2D eigenvalue weighted by molar-refractivity contribution is -0.146. The van der Waals surface area contributed by atoms with E-state index in [2.05, 4.69) is 0 Å². The van der Waals surface area contributed by atoms with Crippen molar-refractivity contribution >= 4 is 13.3 Å². The van der Waals surface area contributed by atoms with Crippen molar-refractivity contribution in [2.75, 3.05) is 12.8 Å². The smallest absolute Gasteiger partial charge is 0.309 e. The average molecular weight is 362 g/mol. The molecule has 0 radical (unpaired) electrons. The predicted octanol–water partition coefficient (Wildman–Crippen LogP) is 3.35. The van der Waals surface area contributed by atoms with Crippen molar-refractivity contribution in [1.82, 2.24) is 0 Å². The minimum Gasteiger partial charge on any atom is -0.466 e. The van der Waals surface area contributed by atoms with Crippen LogP contribution < -0.4 is 0 Å². The number of benzene rings is 2. The molecule has 1 unspecified atom stereocenters. The van der Waals surface area contributed by atoms with E-state index in [-0.39, 0.29) is 12.8 Å². The molecule has 0 bridgehead atoms. The number of esters is 1. The fraction of sp³-hybridized carbons (Fsp3) is 0.316. The van der Waals surface area contributed by atoms with Crippen molar-refractivity contribution in [2.24, 2.45) is 5.92 Å². The zero-order chi connectivity index (χ0) is 18.5. The van der Waals surface area contributed by atoms with Crippen molar-refractivity contribution in [3.63, 3.8) is 0 Å². The molecule has 5 nitrogen and oxygen atoms in total. The molecule has 0 saturated heterocycles. The highest BCUT2D eigenvalue weighted by Crippen LogP contribution is 2.62. The minimum atomic E-state index is -4.24. The van der Waals surface area contributed by atoms with E-state index >= 15 is 0 Å². The van der Waals surface area contributed by atoms with Crippen LogP contribution >= 0.6 is 7.37 Å². The van der Waals surface area contributed by atoms with Gasteiger partial charge in [0.15, 0.2) is 5.34 Å². The van der Waals surface area contributed by atoms with E-state index in [0.29, 0.717) is 11.1 Å². The van der Waals surface area contributed by atoms with Crippen molar-refractivity contribution in [1.29, 1.82) is 0 Å². The van der Waals surface area contributed by atoms with Crippen LogP contribution in [0.2, 0.25) is 0 Å². The highest BCUT2D eigenvalue weighted by Gasteiger charge is 2.49. The Kier molecular flexibility index (Phi) is 6.17. The molecule has 0 aliphatic rings. The van der Waals surface area contributed by atoms with Crippen LogP contribution in [0.5, 0.6) is 0 Å². The van der Waals surface area contributed by atoms with Crippen LogP contribution in [-0.2, 0) is 19.4 Å². The second-order valence-electron chi connectivity index (χ2n) is 5.94. The number of ether oxygens (including phenoxy) is 1. The van der Waals surface area contributed by atoms with Crippen LogP contribution in [0.4, 0.5) is 0 Å². The number of rotatable bonds is 7. The molecule has 2 aromatic rings. The zero-order valence-corrected chi connectivity index (χ0v) is 15.2. The normalized spacial score (nSPS) is 15.2. The third-order valence-electron chi connectivity index (χ3n) is 4.07. The molecule has 2 aromatic carbocycles. The second-order valence-corrected chi connectivity index (χ2v) is 8.36. The van der Waals surface area contributed by atoms with Gasteiger partial charge < -0.3 is 14.7 Å². The van der Waals surface area contributed by atoms with Gasteiger partial charge in [-0.25, -0.2) is 0 Å². The number of hydrogen-bond donors (Lipinski definition) is 2. The lowest BCUT2D eigenvalue weighted by Crippen LogP contribution is -2.31. The van der Waals surface area contributed by atoms with Crippen molar-refractivity contribution in [2.45, 2.75) is 19.2 Å². The number of aliphatic hydroxyl groups is 1. The van der Waals surface area contributed by atoms with Gasteiger partial charge in [0, 0.05) is 6.16 Å². The first-order valence-corrected chi connectivity index (χ1v) is 9.99. The Morgan fingerprint density at radius 3 is 1.92 bits per heavy atom. The van der Waals surface area contributed by atoms with E-state index in [0.717, 1.165) is 0 Å². The van der Waals surface area contributed by atoms with E-state index in [1.165, 1.54) is 6.92 Å². The molecule has 0 aromatic heterocycles. The molecule has 0 fully saturated rings. The summed E-state index contributed by atoms with van der Waals surface area (Å²) in [5.74, 6) is -1.37. The topological polar surface area (TPSA) is 83.8 Å². The molecule has 6 heteroatoms. The van der Waals surface area contributed by atoms with Crippen LogP contribution in [0, 0.1) is 5.92 Å². The highest BCUT2D eigenvalue weighted by molar-refractivity contribution is 7.59. The minimum absolute atomic E-state index is 0.195. The van der Waals surface area contributed by atoms with E-state index in [4.69, 9.17) is 4.74 Å². The first kappa shape index (κ1) is 19.4. The van der Waals surface area contributed by atoms with Gasteiger partial charge in [-0.3, -0.25) is 9.36 Å². The summed E-state index contributed by atoms with van der Waals surface area (Å²) in [7, 11) is -4.24. The van der Waals surface area contributed by atoms with Gasteiger partial charge in [0.2, 0.25) is 7.37 Å². The summed E-state index contributed by atoms with van der Waals surface area (Å²) in [6.07, 6.45) is -0.383. The first-order chi connectivity index (χ1) is 11.8. The monoisotopic (exact) mass is 362 g/mol. The number of hydrogen-bond acceptors (Lipinski definition) is 4. The van der Waals surface area contributed by atoms with Crippen LogP contribution in [0.3, 0.4) is 0 Å². The van der Waals surface area contributed by atoms with Gasteiger partial charge in [0.05, 0.1) is 12.5 Å². The number of carbonyl (C=O) groups excluding carboxylic acids is 1. The molecule has 2 rings (SSSR count). The van der Waals surface area contributed by atoms with Gasteiger partial charge in [-0.15, -0.1) is 0 Å². The van der Waals surface area contributed by atoms with Gasteiger partial charge in [-0.2, -0.15) is 0 Å². The van der Waals surface area contributed by atoms with Crippen molar-refractivity contribution in [3.8, 4) is 0 Å². The summed E-state index contributed by atoms with van der Waals surface area (Å²) in [6, 6.07) is 16.7. The Balaban J connectivity index is 2.49. The largest absolute Gasteiger partial charge is 0.466 e. The summed E-state index contributed by atoms with van der Waals surface area (Å²) in [4.78, 5) is 22.7. The van der Waals surface area contributed by atoms with Crippen LogP contribution in [-0.4, -0.2) is 28.7 Å². The quantitative estimate of drug-likeness (QED) is 0.583. The summed E-state index contributed by atoms with van der Waals surface area (Å²) in [6.45, 7) is 3.39. The molecule has 25 heavy (non-hydrogen) atoms. The second kappa shape index (κ2) is 7.96. The Bertz CT molecular complexity index is 705. The molecule has 2 N–H and O–H groups in total. The maximum absolute atomic E-state index is 13.3. The molecule has 0 heterocycles. The van der Waals surface area contributed by atoms with Crippen molar-refractivity contribution < 1.29 is 24.1 Å². The molecule has 0 amide bonds. The summed E-state index contributed by atoms with van der Waals surface area (Å²) in [5.41, 5.74) is 0.617. The Morgan fingerprint density at radius 1 is 1.08 bits per heavy atom. The first-order valence-electron chi connectivity index (χ1n) is 8.15. The lowest BCUT2D eigenvalue weighted by Gasteiger charge is -2.34. The Hall–Kier alpha value is -1.94. The summed E-state index contributed by atoms with van der Waals surface area (Å²) < 4.78 is 18.2. The Labute approximate surface area is 147 Å². The lowest BCUT2D eigenvalue weighted by atomic mass is 10.0. The SMILES string of the molecule is CCOC(=O)[C@H](C)CP(=O)(O)C(O)(c1ccccc1)c1ccccc1. The molecule has 0 aliphatic heterocycles. The van der Waals surface area contributed by atoms with Crippen LogP contribution in [0.15, 0.2) is 60.7 Å². The molecular weight excluding hydrogens is 339 g/mol. The maximum atomic E-state index is 13.3. The maximum Gasteiger partial charge on any atom is 0.309 e. The van der Waals surface area contributed by atoms with Gasteiger partial charge in [0.1, 0.15) is 0 Å². The molecule has 134 valence electrons. The average Bonchev–Trinajstić information content (AvgIpc) is 2.62. The van der Waals surface area contributed by atoms with Crippen molar-refractivity contribution in [3.05, 3.63) is 71.8 Å². The number of carbonyl (C=O) groups is 1. The Morgan fingerprint density at radius 2 is 1.52 bits per heavy atom. The molecular formula is C19H23O5P. The van der Waals surface area contributed by atoms with E-state index in [9.17, 15) is 19.4 Å². The van der Waals surface area contributed by atoms with Gasteiger partial charge >= 0.3 is 5.97 Å². The highest BCUT2D eigenvalue weighted by atomic mass is 31.2. The van der Waals surface area contributed by atoms with E-state index < -0.39 is 24.6 Å². The fourth-order valence-electron chi connectivity index (χ4n) is 2.77. The predicted molar refractivity (Wildman–Crippen MR) is 96.4 cm³/mol. The molecule has 0 saturated carbocycles. The van der Waals surface area contributed by atoms with Gasteiger partial charge in [-0.1, -0.05) is 67.6 Å². The van der Waals surface area contributed by atoms with Crippen LogP contribution in [0.25, 0.3) is 0 Å². The standard InChI is InChI=1S/C19H23O5P/c1-3-24-18(20)15(2)14-25(22,23)19(21,16-10-6-4-7-11-16)17-12-8-5-9-13-17/h4-13,15,21H,3,14H2,1-2H3,(H,22,23)/t15-/m1/s1. The summed E-state index contributed by atoms with van der Waals surface area (Å²) in [5, 5.41) is 9.28. The van der Waals surface area contributed by atoms with Gasteiger partial charge in [0.25, 0.3) is 0 Å². The fourth-order valence-corrected chi connectivity index (χ4v) is 5.03. The molecule has 0 aliphatic carbocycles. The molecule has 0 spiro atoms. The third kappa shape index (κ3) is 4.01. The third-order valence-corrected chi connectivity index (χ3v) is 6.64. The van der Waals surface area contributed by atoms with Crippen LogP contribution in [0.1, 0.15) is 25.0 Å². The van der Waals surface area contributed by atoms with E-state index in [1.54, 1.807) is 67.6 Å². The molecule has 2 atom stereocenters. The zero-order valence-electron chi connectivity index (χ0n) is 14.3. The van der Waals surface area contributed by atoms with E-state index in [1.807, 2.05) is 0 Å². The van der Waals surface area contributed by atoms with Gasteiger partial charge in [-0.05, 0) is 18.1 Å². The summed E-state index contributed by atoms with van der Waals surface area (Å²) >= 11 is 0.